The number of hydrogen-bond acceptors (Lipinski definition) is 14. The number of carboxylic acid groups (broad SMARTS) is 3. The van der Waals surface area contributed by atoms with E-state index in [2.05, 4.69) is 0 Å². The molecule has 11 N–H and O–H groups in total. The molecule has 0 aromatic heterocycles. The SMILES string of the molecule is Cc1cc(Cc2cc(C)c(OCC(=O)O)c(C(c3cc(O)c(O)cc3C)c3cc(O)c(O)cc3C)c2C)c(OCC(=O)O)c(Cc2cc(C)c(OCC(=O)O)c(C(c3cc(O)c(O)cc3C)c3cc(O)c(O)cc3C)c2C)c1. The van der Waals surface area contributed by atoms with Crippen molar-refractivity contribution in [1.29, 1.82) is 0 Å². The van der Waals surface area contributed by atoms with Crippen molar-refractivity contribution in [2.45, 2.75) is 87.0 Å². The van der Waals surface area contributed by atoms with Crippen LogP contribution in [-0.4, -0.2) is 93.9 Å². The lowest BCUT2D eigenvalue weighted by Crippen LogP contribution is -2.17. The summed E-state index contributed by atoms with van der Waals surface area (Å²) < 4.78 is 18.4. The lowest BCUT2D eigenvalue weighted by atomic mass is 9.76. The predicted octanol–water partition coefficient (Wildman–Crippen LogP) is 10.0. The largest absolute Gasteiger partial charge is 0.504 e. The number of benzene rings is 7. The standard InChI is InChI=1S/C61H62O17/c1-27-10-38(18-36-12-32(6)59(76-24-52(70)71)55(34(36)8)57(40-20-48(66)44(62)14-28(40)2)41-21-49(67)45(63)15-29(41)3)61(78-26-54(74)75)39(11-27)19-37-13-33(7)60(77-25-53(72)73)56(35(37)9)58(42-22-50(68)46(64)16-30(42)4)43-23-51(69)47(65)17-31(43)5/h10-17,20-23,57-58,62-69H,18-19,24-26H2,1-9H3,(H,70,71)(H,72,73)(H,74,75). The van der Waals surface area contributed by atoms with Crippen LogP contribution in [0.2, 0.25) is 0 Å². The Morgan fingerprint density at radius 2 is 0.603 bits per heavy atom. The van der Waals surface area contributed by atoms with Crippen LogP contribution in [0, 0.1) is 62.3 Å². The third-order valence-corrected chi connectivity index (χ3v) is 14.2. The molecule has 0 fully saturated rings. The topological polar surface area (TPSA) is 301 Å². The van der Waals surface area contributed by atoms with Gasteiger partial charge in [0.05, 0.1) is 0 Å². The summed E-state index contributed by atoms with van der Waals surface area (Å²) in [5, 5.41) is 116. The highest BCUT2D eigenvalue weighted by Gasteiger charge is 2.33. The molecular formula is C61H62O17. The minimum atomic E-state index is -1.26. The second kappa shape index (κ2) is 22.5. The smallest absolute Gasteiger partial charge is 0.341 e. The molecule has 0 heterocycles. The van der Waals surface area contributed by atoms with Gasteiger partial charge in [-0.15, -0.1) is 0 Å². The van der Waals surface area contributed by atoms with Gasteiger partial charge >= 0.3 is 17.9 Å². The van der Waals surface area contributed by atoms with Gasteiger partial charge < -0.3 is 70.4 Å². The van der Waals surface area contributed by atoms with E-state index in [-0.39, 0.29) is 30.1 Å². The molecule has 0 radical (unpaired) electrons. The van der Waals surface area contributed by atoms with Gasteiger partial charge in [0.2, 0.25) is 0 Å². The van der Waals surface area contributed by atoms with E-state index >= 15 is 0 Å². The van der Waals surface area contributed by atoms with Gasteiger partial charge in [-0.1, -0.05) is 29.8 Å². The molecule has 0 spiro atoms. The van der Waals surface area contributed by atoms with Crippen LogP contribution in [0.5, 0.6) is 63.2 Å². The maximum Gasteiger partial charge on any atom is 0.341 e. The van der Waals surface area contributed by atoms with Crippen molar-refractivity contribution in [3.8, 4) is 63.2 Å². The molecule has 0 aliphatic rings. The van der Waals surface area contributed by atoms with Crippen LogP contribution in [0.1, 0.15) is 118 Å². The van der Waals surface area contributed by atoms with Gasteiger partial charge in [0.25, 0.3) is 0 Å². The van der Waals surface area contributed by atoms with Crippen molar-refractivity contribution >= 4 is 17.9 Å². The van der Waals surface area contributed by atoms with E-state index in [1.54, 1.807) is 55.4 Å². The first-order valence-corrected chi connectivity index (χ1v) is 24.7. The number of carboxylic acids is 3. The number of phenolic OH excluding ortho intramolecular Hbond substituents is 8. The van der Waals surface area contributed by atoms with E-state index in [9.17, 15) is 70.6 Å². The number of hydrogen-bond donors (Lipinski definition) is 11. The summed E-state index contributed by atoms with van der Waals surface area (Å²) in [6.45, 7) is 13.5. The lowest BCUT2D eigenvalue weighted by Gasteiger charge is -2.29. The third kappa shape index (κ3) is 11.6. The van der Waals surface area contributed by atoms with E-state index in [1.807, 2.05) is 31.2 Å². The summed E-state index contributed by atoms with van der Waals surface area (Å²) in [5.41, 5.74) is 9.98. The van der Waals surface area contributed by atoms with Crippen molar-refractivity contribution in [2.75, 3.05) is 19.8 Å². The van der Waals surface area contributed by atoms with Crippen molar-refractivity contribution in [3.63, 3.8) is 0 Å². The molecule has 0 unspecified atom stereocenters. The Hall–Kier alpha value is -9.25. The fourth-order valence-corrected chi connectivity index (χ4v) is 10.6. The minimum Gasteiger partial charge on any atom is -0.504 e. The van der Waals surface area contributed by atoms with Gasteiger partial charge in [-0.2, -0.15) is 0 Å². The molecule has 0 saturated heterocycles. The molecule has 7 aromatic carbocycles. The van der Waals surface area contributed by atoms with Crippen molar-refractivity contribution < 1.29 is 84.8 Å². The highest BCUT2D eigenvalue weighted by molar-refractivity contribution is 5.72. The number of aryl methyl sites for hydroxylation is 7. The molecule has 408 valence electrons. The molecule has 17 nitrogen and oxygen atoms in total. The summed E-state index contributed by atoms with van der Waals surface area (Å²) in [6.07, 6.45) is 0.185. The average molecular weight is 1070 g/mol. The number of ether oxygens (including phenoxy) is 3. The summed E-state index contributed by atoms with van der Waals surface area (Å²) >= 11 is 0. The van der Waals surface area contributed by atoms with Crippen LogP contribution in [-0.2, 0) is 27.2 Å². The average Bonchev–Trinajstić information content (AvgIpc) is 3.50. The molecule has 0 aliphatic carbocycles. The summed E-state index contributed by atoms with van der Waals surface area (Å²) in [5.74, 6) is -8.43. The van der Waals surface area contributed by atoms with Crippen molar-refractivity contribution in [3.05, 3.63) is 179 Å². The number of rotatable bonds is 19. The molecule has 0 aliphatic heterocycles. The molecular weight excluding hydrogens is 1000 g/mol. The van der Waals surface area contributed by atoms with E-state index in [0.717, 1.165) is 5.56 Å². The first-order valence-electron chi connectivity index (χ1n) is 24.7. The molecule has 0 bridgehead atoms. The van der Waals surface area contributed by atoms with Gasteiger partial charge in [0.1, 0.15) is 17.2 Å². The van der Waals surface area contributed by atoms with Crippen LogP contribution in [0.3, 0.4) is 0 Å². The second-order valence-corrected chi connectivity index (χ2v) is 19.9. The van der Waals surface area contributed by atoms with E-state index in [4.69, 9.17) is 14.2 Å². The predicted molar refractivity (Wildman–Crippen MR) is 288 cm³/mol. The fourth-order valence-electron chi connectivity index (χ4n) is 10.6. The summed E-state index contributed by atoms with van der Waals surface area (Å²) in [4.78, 5) is 36.6. The summed E-state index contributed by atoms with van der Waals surface area (Å²) in [6, 6.07) is 18.3. The van der Waals surface area contributed by atoms with Crippen molar-refractivity contribution in [2.24, 2.45) is 0 Å². The van der Waals surface area contributed by atoms with Gasteiger partial charge in [0.15, 0.2) is 65.8 Å². The third-order valence-electron chi connectivity index (χ3n) is 14.2. The summed E-state index contributed by atoms with van der Waals surface area (Å²) in [7, 11) is 0. The highest BCUT2D eigenvalue weighted by atomic mass is 16.5. The number of carbonyl (C=O) groups is 3. The van der Waals surface area contributed by atoms with Crippen molar-refractivity contribution in [1.82, 2.24) is 0 Å². The molecule has 7 rings (SSSR count). The number of aromatic hydroxyl groups is 8. The fraction of sp³-hybridized carbons (Fsp3) is 0.262. The second-order valence-electron chi connectivity index (χ2n) is 19.9. The first kappa shape index (κ1) is 56.5. The number of phenols is 8. The van der Waals surface area contributed by atoms with Crippen LogP contribution in [0.15, 0.2) is 72.8 Å². The van der Waals surface area contributed by atoms with Gasteiger partial charge in [-0.05, 0) is 200 Å². The molecule has 0 saturated carbocycles. The molecule has 7 aromatic rings. The molecule has 0 atom stereocenters. The van der Waals surface area contributed by atoms with Gasteiger partial charge in [-0.25, -0.2) is 14.4 Å². The van der Waals surface area contributed by atoms with Crippen LogP contribution in [0.4, 0.5) is 0 Å². The van der Waals surface area contributed by atoms with Crippen LogP contribution >= 0.6 is 0 Å². The Balaban J connectivity index is 1.49. The number of aliphatic carboxylic acids is 3. The molecule has 0 amide bonds. The Kier molecular flexibility index (Phi) is 16.3. The zero-order valence-electron chi connectivity index (χ0n) is 44.5. The van der Waals surface area contributed by atoms with E-state index in [0.29, 0.717) is 100 Å². The Labute approximate surface area is 449 Å². The minimum absolute atomic E-state index is 0.0927. The van der Waals surface area contributed by atoms with Crippen LogP contribution < -0.4 is 14.2 Å². The maximum atomic E-state index is 12.4. The first-order chi connectivity index (χ1) is 36.7. The zero-order chi connectivity index (χ0) is 57.3. The molecule has 78 heavy (non-hydrogen) atoms. The lowest BCUT2D eigenvalue weighted by molar-refractivity contribution is -0.140. The van der Waals surface area contributed by atoms with E-state index in [1.165, 1.54) is 48.5 Å². The molecule has 17 heteroatoms. The Morgan fingerprint density at radius 1 is 0.346 bits per heavy atom. The van der Waals surface area contributed by atoms with E-state index < -0.39 is 95.6 Å². The van der Waals surface area contributed by atoms with Gasteiger partial charge in [-0.3, -0.25) is 0 Å². The zero-order valence-corrected chi connectivity index (χ0v) is 44.5. The maximum absolute atomic E-state index is 12.4. The Bertz CT molecular complexity index is 3220. The van der Waals surface area contributed by atoms with Crippen LogP contribution in [0.25, 0.3) is 0 Å². The normalized spacial score (nSPS) is 11.3. The monoisotopic (exact) mass is 1070 g/mol. The Morgan fingerprint density at radius 3 is 0.872 bits per heavy atom. The van der Waals surface area contributed by atoms with Gasteiger partial charge in [0, 0.05) is 35.8 Å². The highest BCUT2D eigenvalue weighted by Crippen LogP contribution is 2.50. The quantitative estimate of drug-likeness (QED) is 0.0265.